The summed E-state index contributed by atoms with van der Waals surface area (Å²) in [6, 6.07) is 10.6. The molecule has 0 aliphatic carbocycles. The van der Waals surface area contributed by atoms with Crippen LogP contribution in [0.5, 0.6) is 0 Å². The molecule has 0 bridgehead atoms. The number of halogens is 2. The van der Waals surface area contributed by atoms with E-state index in [1.807, 2.05) is 18.4 Å². The lowest BCUT2D eigenvalue weighted by atomic mass is 10.2. The summed E-state index contributed by atoms with van der Waals surface area (Å²) in [4.78, 5) is 24.6. The Morgan fingerprint density at radius 1 is 1.16 bits per heavy atom. The highest BCUT2D eigenvalue weighted by molar-refractivity contribution is 7.99. The summed E-state index contributed by atoms with van der Waals surface area (Å²) in [5.41, 5.74) is 1.82. The highest BCUT2D eigenvalue weighted by atomic mass is 35.5. The van der Waals surface area contributed by atoms with Gasteiger partial charge in [0.25, 0.3) is 5.91 Å². The van der Waals surface area contributed by atoms with Gasteiger partial charge in [-0.05, 0) is 55.8 Å². The fourth-order valence-corrected chi connectivity index (χ4v) is 3.79. The maximum absolute atomic E-state index is 13.0. The molecule has 162 valence electrons. The van der Waals surface area contributed by atoms with Crippen molar-refractivity contribution in [2.45, 2.75) is 32.1 Å². The van der Waals surface area contributed by atoms with Crippen LogP contribution in [-0.4, -0.2) is 32.3 Å². The van der Waals surface area contributed by atoms with Crippen LogP contribution in [-0.2, 0) is 17.9 Å². The summed E-state index contributed by atoms with van der Waals surface area (Å²) >= 11 is 7.34. The molecule has 1 heterocycles. The van der Waals surface area contributed by atoms with Crippen molar-refractivity contribution in [3.05, 3.63) is 70.3 Å². The van der Waals surface area contributed by atoms with Gasteiger partial charge in [0.2, 0.25) is 5.91 Å². The van der Waals surface area contributed by atoms with E-state index in [1.165, 1.54) is 36.0 Å². The van der Waals surface area contributed by atoms with Crippen molar-refractivity contribution in [1.29, 1.82) is 0 Å². The predicted molar refractivity (Wildman–Crippen MR) is 119 cm³/mol. The molecule has 0 unspecified atom stereocenters. The first-order valence-electron chi connectivity index (χ1n) is 9.52. The standard InChI is InChI=1S/C21H21ClFN5O2S/c1-3-28-18(11-24-20(30)14-7-9-15(23)10-8-14)26-27-21(28)31-12-19(29)25-17-6-4-5-16(22)13(17)2/h4-10H,3,11-12H2,1-2H3,(H,24,30)(H,25,29). The molecule has 2 N–H and O–H groups in total. The second-order valence-electron chi connectivity index (χ2n) is 6.58. The second-order valence-corrected chi connectivity index (χ2v) is 7.93. The Kier molecular flexibility index (Phi) is 7.64. The first-order chi connectivity index (χ1) is 14.9. The zero-order chi connectivity index (χ0) is 22.4. The highest BCUT2D eigenvalue weighted by Crippen LogP contribution is 2.24. The van der Waals surface area contributed by atoms with Crippen molar-refractivity contribution < 1.29 is 14.0 Å². The molecule has 2 amide bonds. The number of anilines is 1. The van der Waals surface area contributed by atoms with E-state index in [9.17, 15) is 14.0 Å². The topological polar surface area (TPSA) is 88.9 Å². The molecule has 0 aliphatic rings. The summed E-state index contributed by atoms with van der Waals surface area (Å²) < 4.78 is 14.8. The zero-order valence-electron chi connectivity index (χ0n) is 17.0. The molecule has 0 fully saturated rings. The van der Waals surface area contributed by atoms with Gasteiger partial charge < -0.3 is 15.2 Å². The molecule has 0 saturated carbocycles. The van der Waals surface area contributed by atoms with E-state index >= 15 is 0 Å². The minimum absolute atomic E-state index is 0.145. The quantitative estimate of drug-likeness (QED) is 0.494. The largest absolute Gasteiger partial charge is 0.345 e. The lowest BCUT2D eigenvalue weighted by molar-refractivity contribution is -0.113. The molecule has 2 aromatic carbocycles. The SMILES string of the molecule is CCn1c(CNC(=O)c2ccc(F)cc2)nnc1SCC(=O)Nc1cccc(Cl)c1C. The molecule has 7 nitrogen and oxygen atoms in total. The van der Waals surface area contributed by atoms with E-state index in [2.05, 4.69) is 20.8 Å². The third-order valence-corrected chi connectivity index (χ3v) is 5.87. The summed E-state index contributed by atoms with van der Waals surface area (Å²) in [7, 11) is 0. The molecular weight excluding hydrogens is 441 g/mol. The zero-order valence-corrected chi connectivity index (χ0v) is 18.6. The van der Waals surface area contributed by atoms with Gasteiger partial charge >= 0.3 is 0 Å². The van der Waals surface area contributed by atoms with E-state index in [-0.39, 0.29) is 24.1 Å². The number of benzene rings is 2. The maximum Gasteiger partial charge on any atom is 0.251 e. The van der Waals surface area contributed by atoms with E-state index in [4.69, 9.17) is 11.6 Å². The normalized spacial score (nSPS) is 10.7. The molecule has 10 heteroatoms. The average Bonchev–Trinajstić information content (AvgIpc) is 3.16. The molecule has 1 aromatic heterocycles. The Balaban J connectivity index is 1.58. The van der Waals surface area contributed by atoms with Gasteiger partial charge in [0.15, 0.2) is 11.0 Å². The van der Waals surface area contributed by atoms with Gasteiger partial charge in [-0.15, -0.1) is 10.2 Å². The average molecular weight is 462 g/mol. The molecule has 3 aromatic rings. The summed E-state index contributed by atoms with van der Waals surface area (Å²) in [6.07, 6.45) is 0. The summed E-state index contributed by atoms with van der Waals surface area (Å²) in [6.45, 7) is 4.50. The summed E-state index contributed by atoms with van der Waals surface area (Å²) in [5, 5.41) is 15.0. The van der Waals surface area contributed by atoms with Crippen molar-refractivity contribution in [2.24, 2.45) is 0 Å². The Labute approximate surface area is 188 Å². The number of carbonyl (C=O) groups is 2. The Morgan fingerprint density at radius 3 is 2.61 bits per heavy atom. The lowest BCUT2D eigenvalue weighted by Gasteiger charge is -2.10. The predicted octanol–water partition coefficient (Wildman–Crippen LogP) is 4.06. The molecule has 0 spiro atoms. The number of amides is 2. The van der Waals surface area contributed by atoms with E-state index in [1.54, 1.807) is 18.2 Å². The van der Waals surface area contributed by atoms with Crippen LogP contribution in [0.15, 0.2) is 47.6 Å². The van der Waals surface area contributed by atoms with Crippen LogP contribution in [0.2, 0.25) is 5.02 Å². The van der Waals surface area contributed by atoms with Crippen molar-refractivity contribution in [1.82, 2.24) is 20.1 Å². The first-order valence-corrected chi connectivity index (χ1v) is 10.9. The molecule has 0 aliphatic heterocycles. The third-order valence-electron chi connectivity index (χ3n) is 4.50. The molecule has 3 rings (SSSR count). The van der Waals surface area contributed by atoms with Crippen LogP contribution in [0.4, 0.5) is 10.1 Å². The van der Waals surface area contributed by atoms with E-state index in [0.29, 0.717) is 33.8 Å². The van der Waals surface area contributed by atoms with Crippen LogP contribution < -0.4 is 10.6 Å². The number of nitrogens with zero attached hydrogens (tertiary/aromatic N) is 3. The molecule has 0 radical (unpaired) electrons. The number of rotatable bonds is 8. The number of carbonyl (C=O) groups excluding carboxylic acids is 2. The van der Waals surface area contributed by atoms with Crippen molar-refractivity contribution in [3.8, 4) is 0 Å². The smallest absolute Gasteiger partial charge is 0.251 e. The summed E-state index contributed by atoms with van der Waals surface area (Å²) in [5.74, 6) is -0.222. The Morgan fingerprint density at radius 2 is 1.90 bits per heavy atom. The van der Waals surface area contributed by atoms with Gasteiger partial charge in [-0.1, -0.05) is 29.4 Å². The number of aromatic nitrogens is 3. The molecule has 0 atom stereocenters. The fraction of sp³-hybridized carbons (Fsp3) is 0.238. The fourth-order valence-electron chi connectivity index (χ4n) is 2.80. The van der Waals surface area contributed by atoms with E-state index in [0.717, 1.165) is 5.56 Å². The van der Waals surface area contributed by atoms with Gasteiger partial charge in [0, 0.05) is 22.8 Å². The number of nitrogens with one attached hydrogen (secondary N) is 2. The van der Waals surface area contributed by atoms with Gasteiger partial charge in [-0.25, -0.2) is 4.39 Å². The van der Waals surface area contributed by atoms with Crippen LogP contribution in [0.1, 0.15) is 28.7 Å². The Bertz CT molecular complexity index is 1090. The van der Waals surface area contributed by atoms with Crippen molar-refractivity contribution in [2.75, 3.05) is 11.1 Å². The number of hydrogen-bond acceptors (Lipinski definition) is 5. The monoisotopic (exact) mass is 461 g/mol. The molecule has 31 heavy (non-hydrogen) atoms. The van der Waals surface area contributed by atoms with Crippen LogP contribution in [0.3, 0.4) is 0 Å². The minimum Gasteiger partial charge on any atom is -0.345 e. The third kappa shape index (κ3) is 5.83. The van der Waals surface area contributed by atoms with Crippen LogP contribution in [0, 0.1) is 12.7 Å². The Hall–Kier alpha value is -2.91. The number of hydrogen-bond donors (Lipinski definition) is 2. The van der Waals surface area contributed by atoms with Gasteiger partial charge in [0.1, 0.15) is 5.82 Å². The molecule has 0 saturated heterocycles. The molecular formula is C21H21ClFN5O2S. The van der Waals surface area contributed by atoms with Crippen molar-refractivity contribution in [3.63, 3.8) is 0 Å². The van der Waals surface area contributed by atoms with Crippen LogP contribution in [0.25, 0.3) is 0 Å². The van der Waals surface area contributed by atoms with Gasteiger partial charge in [-0.2, -0.15) is 0 Å². The van der Waals surface area contributed by atoms with E-state index < -0.39 is 5.82 Å². The second kappa shape index (κ2) is 10.4. The number of thioether (sulfide) groups is 1. The van der Waals surface area contributed by atoms with Crippen LogP contribution >= 0.6 is 23.4 Å². The lowest BCUT2D eigenvalue weighted by Crippen LogP contribution is -2.24. The maximum atomic E-state index is 13.0. The minimum atomic E-state index is -0.404. The van der Waals surface area contributed by atoms with Crippen molar-refractivity contribution >= 4 is 40.9 Å². The van der Waals surface area contributed by atoms with Gasteiger partial charge in [-0.3, -0.25) is 9.59 Å². The first kappa shape index (κ1) is 22.8. The highest BCUT2D eigenvalue weighted by Gasteiger charge is 2.15. The van der Waals surface area contributed by atoms with Gasteiger partial charge in [0.05, 0.1) is 12.3 Å².